The molecule has 1 fully saturated rings. The Labute approximate surface area is 89.7 Å². The molecular formula is C13H27N. The van der Waals surface area contributed by atoms with Crippen molar-refractivity contribution in [2.45, 2.75) is 58.8 Å². The largest absolute Gasteiger partial charge is 0.317 e. The standard InChI is InChI=1S/C13H27N/c1-3-14-10-9-12(2)11-13-7-5-4-6-8-13/h12-14H,3-11H2,1-2H3. The Kier molecular flexibility index (Phi) is 6.25. The highest BCUT2D eigenvalue weighted by Gasteiger charge is 2.15. The fraction of sp³-hybridized carbons (Fsp3) is 1.00. The van der Waals surface area contributed by atoms with Crippen LogP contribution in [0.15, 0.2) is 0 Å². The molecule has 0 aromatic carbocycles. The maximum Gasteiger partial charge on any atom is -0.00465 e. The van der Waals surface area contributed by atoms with Crippen molar-refractivity contribution >= 4 is 0 Å². The van der Waals surface area contributed by atoms with Crippen molar-refractivity contribution in [3.8, 4) is 0 Å². The molecule has 1 nitrogen and oxygen atoms in total. The zero-order chi connectivity index (χ0) is 10.2. The summed E-state index contributed by atoms with van der Waals surface area (Å²) >= 11 is 0. The van der Waals surface area contributed by atoms with Crippen LogP contribution in [0.4, 0.5) is 0 Å². The van der Waals surface area contributed by atoms with Crippen LogP contribution in [0, 0.1) is 11.8 Å². The van der Waals surface area contributed by atoms with Gasteiger partial charge in [-0.2, -0.15) is 0 Å². The lowest BCUT2D eigenvalue weighted by Crippen LogP contribution is -2.18. The van der Waals surface area contributed by atoms with Crippen LogP contribution in [0.3, 0.4) is 0 Å². The zero-order valence-corrected chi connectivity index (χ0v) is 10.0. The summed E-state index contributed by atoms with van der Waals surface area (Å²) in [6, 6.07) is 0. The van der Waals surface area contributed by atoms with Gasteiger partial charge in [-0.05, 0) is 37.8 Å². The normalized spacial score (nSPS) is 21.0. The number of hydrogen-bond donors (Lipinski definition) is 1. The highest BCUT2D eigenvalue weighted by molar-refractivity contribution is 4.69. The third-order valence-electron chi connectivity index (χ3n) is 3.52. The lowest BCUT2D eigenvalue weighted by molar-refractivity contribution is 0.288. The molecule has 0 amide bonds. The van der Waals surface area contributed by atoms with E-state index in [-0.39, 0.29) is 0 Å². The van der Waals surface area contributed by atoms with Crippen LogP contribution >= 0.6 is 0 Å². The van der Waals surface area contributed by atoms with Crippen molar-refractivity contribution in [3.05, 3.63) is 0 Å². The predicted octanol–water partition coefficient (Wildman–Crippen LogP) is 3.59. The quantitative estimate of drug-likeness (QED) is 0.642. The molecule has 1 heteroatoms. The molecule has 0 aromatic rings. The number of hydrogen-bond acceptors (Lipinski definition) is 1. The molecule has 0 saturated heterocycles. The highest BCUT2D eigenvalue weighted by Crippen LogP contribution is 2.29. The van der Waals surface area contributed by atoms with E-state index in [4.69, 9.17) is 0 Å². The maximum absolute atomic E-state index is 3.42. The first-order valence-corrected chi connectivity index (χ1v) is 6.53. The smallest absolute Gasteiger partial charge is 0.00465 e. The third kappa shape index (κ3) is 4.99. The van der Waals surface area contributed by atoms with Gasteiger partial charge in [-0.3, -0.25) is 0 Å². The van der Waals surface area contributed by atoms with Gasteiger partial charge in [-0.15, -0.1) is 0 Å². The van der Waals surface area contributed by atoms with E-state index in [0.717, 1.165) is 18.4 Å². The minimum absolute atomic E-state index is 0.928. The molecule has 1 atom stereocenters. The molecule has 0 aromatic heterocycles. The van der Waals surface area contributed by atoms with Gasteiger partial charge in [0, 0.05) is 0 Å². The van der Waals surface area contributed by atoms with Crippen LogP contribution in [-0.2, 0) is 0 Å². The van der Waals surface area contributed by atoms with Gasteiger partial charge < -0.3 is 5.32 Å². The monoisotopic (exact) mass is 197 g/mol. The minimum Gasteiger partial charge on any atom is -0.317 e. The average Bonchev–Trinajstić information content (AvgIpc) is 2.20. The zero-order valence-electron chi connectivity index (χ0n) is 10.0. The van der Waals surface area contributed by atoms with Crippen molar-refractivity contribution in [2.24, 2.45) is 11.8 Å². The summed E-state index contributed by atoms with van der Waals surface area (Å²) in [4.78, 5) is 0. The van der Waals surface area contributed by atoms with Gasteiger partial charge in [-0.25, -0.2) is 0 Å². The molecule has 14 heavy (non-hydrogen) atoms. The molecule has 1 unspecified atom stereocenters. The summed E-state index contributed by atoms with van der Waals surface area (Å²) in [5.41, 5.74) is 0. The molecule has 1 saturated carbocycles. The Balaban J connectivity index is 2.03. The fourth-order valence-electron chi connectivity index (χ4n) is 2.63. The summed E-state index contributed by atoms with van der Waals surface area (Å²) in [6.45, 7) is 6.94. The molecule has 1 aliphatic carbocycles. The Hall–Kier alpha value is -0.0400. The van der Waals surface area contributed by atoms with Crippen LogP contribution in [0.2, 0.25) is 0 Å². The van der Waals surface area contributed by atoms with Crippen molar-refractivity contribution in [3.63, 3.8) is 0 Å². The first-order chi connectivity index (χ1) is 6.83. The molecule has 0 spiro atoms. The lowest BCUT2D eigenvalue weighted by atomic mass is 9.82. The second-order valence-electron chi connectivity index (χ2n) is 4.99. The summed E-state index contributed by atoms with van der Waals surface area (Å²) < 4.78 is 0. The molecular weight excluding hydrogens is 170 g/mol. The van der Waals surface area contributed by atoms with E-state index in [9.17, 15) is 0 Å². The van der Waals surface area contributed by atoms with Crippen LogP contribution < -0.4 is 5.32 Å². The van der Waals surface area contributed by atoms with Gasteiger partial charge in [0.05, 0.1) is 0 Å². The SMILES string of the molecule is CCNCCC(C)CC1CCCCC1. The summed E-state index contributed by atoms with van der Waals surface area (Å²) in [7, 11) is 0. The summed E-state index contributed by atoms with van der Waals surface area (Å²) in [5, 5.41) is 3.42. The molecule has 1 aliphatic rings. The molecule has 0 radical (unpaired) electrons. The van der Waals surface area contributed by atoms with E-state index in [2.05, 4.69) is 19.2 Å². The van der Waals surface area contributed by atoms with Crippen molar-refractivity contribution < 1.29 is 0 Å². The summed E-state index contributed by atoms with van der Waals surface area (Å²) in [6.07, 6.45) is 10.3. The molecule has 84 valence electrons. The molecule has 0 bridgehead atoms. The predicted molar refractivity (Wildman–Crippen MR) is 63.5 cm³/mol. The highest BCUT2D eigenvalue weighted by atomic mass is 14.8. The second kappa shape index (κ2) is 7.28. The maximum atomic E-state index is 3.42. The molecule has 0 heterocycles. The number of rotatable bonds is 6. The molecule has 0 aliphatic heterocycles. The first kappa shape index (κ1) is 12.0. The molecule has 1 rings (SSSR count). The Morgan fingerprint density at radius 2 is 1.93 bits per heavy atom. The number of nitrogens with one attached hydrogen (secondary N) is 1. The average molecular weight is 197 g/mol. The van der Waals surface area contributed by atoms with E-state index < -0.39 is 0 Å². The van der Waals surface area contributed by atoms with E-state index >= 15 is 0 Å². The van der Waals surface area contributed by atoms with E-state index in [1.54, 1.807) is 0 Å². The van der Waals surface area contributed by atoms with Gasteiger partial charge in [0.1, 0.15) is 0 Å². The Morgan fingerprint density at radius 1 is 1.21 bits per heavy atom. The summed E-state index contributed by atoms with van der Waals surface area (Å²) in [5.74, 6) is 1.98. The van der Waals surface area contributed by atoms with Crippen LogP contribution in [0.25, 0.3) is 0 Å². The molecule has 1 N–H and O–H groups in total. The van der Waals surface area contributed by atoms with Crippen LogP contribution in [-0.4, -0.2) is 13.1 Å². The first-order valence-electron chi connectivity index (χ1n) is 6.53. The van der Waals surface area contributed by atoms with Crippen molar-refractivity contribution in [2.75, 3.05) is 13.1 Å². The van der Waals surface area contributed by atoms with E-state index in [1.165, 1.54) is 51.5 Å². The minimum atomic E-state index is 0.928. The van der Waals surface area contributed by atoms with E-state index in [1.807, 2.05) is 0 Å². The van der Waals surface area contributed by atoms with Gasteiger partial charge in [0.15, 0.2) is 0 Å². The van der Waals surface area contributed by atoms with Gasteiger partial charge >= 0.3 is 0 Å². The Morgan fingerprint density at radius 3 is 2.57 bits per heavy atom. The van der Waals surface area contributed by atoms with Crippen LogP contribution in [0.1, 0.15) is 58.8 Å². The Bertz CT molecular complexity index is 127. The van der Waals surface area contributed by atoms with Gasteiger partial charge in [0.2, 0.25) is 0 Å². The fourth-order valence-corrected chi connectivity index (χ4v) is 2.63. The van der Waals surface area contributed by atoms with Crippen molar-refractivity contribution in [1.82, 2.24) is 5.32 Å². The van der Waals surface area contributed by atoms with Crippen LogP contribution in [0.5, 0.6) is 0 Å². The topological polar surface area (TPSA) is 12.0 Å². The lowest BCUT2D eigenvalue weighted by Gasteiger charge is -2.24. The van der Waals surface area contributed by atoms with Gasteiger partial charge in [0.25, 0.3) is 0 Å². The van der Waals surface area contributed by atoms with Gasteiger partial charge in [-0.1, -0.05) is 46.0 Å². The van der Waals surface area contributed by atoms with Crippen molar-refractivity contribution in [1.29, 1.82) is 0 Å². The second-order valence-corrected chi connectivity index (χ2v) is 4.99. The third-order valence-corrected chi connectivity index (χ3v) is 3.52. The van der Waals surface area contributed by atoms with E-state index in [0.29, 0.717) is 0 Å².